The van der Waals surface area contributed by atoms with E-state index in [1.807, 2.05) is 90.1 Å². The van der Waals surface area contributed by atoms with Crippen LogP contribution >= 0.6 is 22.6 Å². The van der Waals surface area contributed by atoms with E-state index in [1.54, 1.807) is 0 Å². The molecule has 0 radical (unpaired) electrons. The van der Waals surface area contributed by atoms with E-state index in [2.05, 4.69) is 72.1 Å². The Labute approximate surface area is 261 Å². The fourth-order valence-corrected chi connectivity index (χ4v) is 5.45. The molecule has 42 heavy (non-hydrogen) atoms. The Balaban J connectivity index is 0.000000128. The maximum atomic E-state index is 5.88. The summed E-state index contributed by atoms with van der Waals surface area (Å²) < 4.78 is 24.2. The zero-order valence-electron chi connectivity index (χ0n) is 25.1. The van der Waals surface area contributed by atoms with E-state index in [4.69, 9.17) is 18.1 Å². The molecule has 1 saturated heterocycles. The standard InChI is InChI=1S/C15H12O.C12H7IO.C9H17BO2/c1-10(2)11-7-5-8-13-12-6-3-4-9-14(12)16-15(11)13;13-10-6-3-5-9-8-4-1-2-7-11(8)14-12(9)10;1-7(2)10-11-8(3,4)9(5,6)12-10/h3-9H,1H2,2H3;1-7H;1H2,2-6H3. The molecule has 3 heterocycles. The van der Waals surface area contributed by atoms with Gasteiger partial charge < -0.3 is 18.1 Å². The Hall–Kier alpha value is -3.33. The van der Waals surface area contributed by atoms with Crippen molar-refractivity contribution in [1.82, 2.24) is 0 Å². The zero-order valence-corrected chi connectivity index (χ0v) is 27.2. The van der Waals surface area contributed by atoms with Crippen LogP contribution < -0.4 is 0 Å². The average molecular weight is 670 g/mol. The third kappa shape index (κ3) is 5.80. The van der Waals surface area contributed by atoms with Crippen molar-refractivity contribution in [3.8, 4) is 0 Å². The lowest BCUT2D eigenvalue weighted by atomic mass is 9.81. The molecular formula is C36H36BIO4. The second-order valence-electron chi connectivity index (χ2n) is 11.7. The predicted molar refractivity (Wildman–Crippen MR) is 186 cm³/mol. The van der Waals surface area contributed by atoms with Crippen LogP contribution in [0, 0.1) is 3.57 Å². The van der Waals surface area contributed by atoms with Gasteiger partial charge in [0, 0.05) is 27.1 Å². The van der Waals surface area contributed by atoms with Gasteiger partial charge in [-0.25, -0.2) is 0 Å². The van der Waals surface area contributed by atoms with E-state index in [9.17, 15) is 0 Å². The summed E-state index contributed by atoms with van der Waals surface area (Å²) in [4.78, 5) is 0. The highest BCUT2D eigenvalue weighted by molar-refractivity contribution is 14.1. The summed E-state index contributed by atoms with van der Waals surface area (Å²) in [7, 11) is -0.241. The molecule has 0 unspecified atom stereocenters. The summed E-state index contributed by atoms with van der Waals surface area (Å²) in [5.41, 5.74) is 6.41. The first-order valence-electron chi connectivity index (χ1n) is 14.0. The molecule has 2 aromatic heterocycles. The lowest BCUT2D eigenvalue weighted by Gasteiger charge is -2.32. The van der Waals surface area contributed by atoms with Crippen LogP contribution in [0.25, 0.3) is 49.5 Å². The molecule has 0 atom stereocenters. The second-order valence-corrected chi connectivity index (χ2v) is 12.9. The van der Waals surface area contributed by atoms with Gasteiger partial charge in [-0.15, -0.1) is 6.58 Å². The maximum Gasteiger partial charge on any atom is 0.489 e. The number of hydrogen-bond acceptors (Lipinski definition) is 4. The minimum Gasteiger partial charge on any atom is -0.455 e. The molecule has 4 nitrogen and oxygen atoms in total. The highest BCUT2D eigenvalue weighted by Gasteiger charge is 2.51. The highest BCUT2D eigenvalue weighted by atomic mass is 127. The fraction of sp³-hybridized carbons (Fsp3) is 0.222. The molecule has 0 aliphatic carbocycles. The SMILES string of the molecule is C=C(C)B1OC(C)(C)C(C)(C)O1.C=C(C)c1cccc2c1oc1ccccc12.Ic1cccc2c1oc1ccccc12. The summed E-state index contributed by atoms with van der Waals surface area (Å²) in [6.07, 6.45) is 0. The fourth-order valence-electron chi connectivity index (χ4n) is 4.84. The Kier molecular flexibility index (Phi) is 8.43. The van der Waals surface area contributed by atoms with Gasteiger partial charge in [0.1, 0.15) is 22.3 Å². The number of para-hydroxylation sites is 4. The number of allylic oxidation sites excluding steroid dienone is 2. The van der Waals surface area contributed by atoms with Crippen molar-refractivity contribution >= 4 is 79.2 Å². The number of furan rings is 2. The summed E-state index contributed by atoms with van der Waals surface area (Å²) in [5, 5.41) is 4.73. The first-order chi connectivity index (χ1) is 19.9. The predicted octanol–water partition coefficient (Wildman–Crippen LogP) is 11.0. The van der Waals surface area contributed by atoms with Gasteiger partial charge in [0.2, 0.25) is 0 Å². The molecule has 0 amide bonds. The van der Waals surface area contributed by atoms with Gasteiger partial charge in [0.25, 0.3) is 0 Å². The number of hydrogen-bond donors (Lipinski definition) is 0. The van der Waals surface area contributed by atoms with Gasteiger partial charge in [-0.1, -0.05) is 78.8 Å². The van der Waals surface area contributed by atoms with Crippen molar-refractivity contribution in [2.75, 3.05) is 0 Å². The van der Waals surface area contributed by atoms with Gasteiger partial charge in [-0.2, -0.15) is 0 Å². The van der Waals surface area contributed by atoms with Crippen LogP contribution in [-0.4, -0.2) is 18.3 Å². The Morgan fingerprint density at radius 1 is 0.619 bits per heavy atom. The normalized spacial score (nSPS) is 15.4. The first kappa shape index (κ1) is 30.1. The minimum atomic E-state index is -0.241. The molecule has 0 saturated carbocycles. The highest BCUT2D eigenvalue weighted by Crippen LogP contribution is 2.38. The number of benzene rings is 4. The Morgan fingerprint density at radius 3 is 1.57 bits per heavy atom. The molecule has 0 N–H and O–H groups in total. The third-order valence-electron chi connectivity index (χ3n) is 7.88. The van der Waals surface area contributed by atoms with Crippen LogP contribution in [0.3, 0.4) is 0 Å². The van der Waals surface area contributed by atoms with Crippen LogP contribution in [0.5, 0.6) is 0 Å². The van der Waals surface area contributed by atoms with Crippen LogP contribution in [0.4, 0.5) is 0 Å². The third-order valence-corrected chi connectivity index (χ3v) is 8.73. The van der Waals surface area contributed by atoms with Crippen LogP contribution in [-0.2, 0) is 9.31 Å². The quantitative estimate of drug-likeness (QED) is 0.136. The smallest absolute Gasteiger partial charge is 0.455 e. The van der Waals surface area contributed by atoms with Crippen molar-refractivity contribution in [2.24, 2.45) is 0 Å². The summed E-state index contributed by atoms with van der Waals surface area (Å²) in [5.74, 6) is 0. The van der Waals surface area contributed by atoms with Crippen molar-refractivity contribution in [1.29, 1.82) is 0 Å². The summed E-state index contributed by atoms with van der Waals surface area (Å²) in [6, 6.07) is 28.7. The van der Waals surface area contributed by atoms with E-state index >= 15 is 0 Å². The molecule has 7 rings (SSSR count). The topological polar surface area (TPSA) is 44.7 Å². The van der Waals surface area contributed by atoms with E-state index in [1.165, 1.54) is 16.2 Å². The molecule has 4 aromatic carbocycles. The second kappa shape index (κ2) is 11.7. The van der Waals surface area contributed by atoms with Gasteiger partial charge in [-0.3, -0.25) is 0 Å². The van der Waals surface area contributed by atoms with Gasteiger partial charge in [-0.05, 0) is 87.9 Å². The van der Waals surface area contributed by atoms with Crippen molar-refractivity contribution in [3.05, 3.63) is 113 Å². The largest absolute Gasteiger partial charge is 0.489 e. The summed E-state index contributed by atoms with van der Waals surface area (Å²) >= 11 is 2.30. The van der Waals surface area contributed by atoms with Gasteiger partial charge >= 0.3 is 7.12 Å². The monoisotopic (exact) mass is 670 g/mol. The molecule has 6 heteroatoms. The van der Waals surface area contributed by atoms with Crippen LogP contribution in [0.15, 0.2) is 112 Å². The van der Waals surface area contributed by atoms with Crippen molar-refractivity contribution in [3.63, 3.8) is 0 Å². The first-order valence-corrected chi connectivity index (χ1v) is 15.1. The van der Waals surface area contributed by atoms with Crippen LogP contribution in [0.2, 0.25) is 0 Å². The van der Waals surface area contributed by atoms with E-state index < -0.39 is 0 Å². The lowest BCUT2D eigenvalue weighted by molar-refractivity contribution is 0.00578. The lowest BCUT2D eigenvalue weighted by Crippen LogP contribution is -2.41. The van der Waals surface area contributed by atoms with Gasteiger partial charge in [0.15, 0.2) is 0 Å². The van der Waals surface area contributed by atoms with E-state index in [-0.39, 0.29) is 18.3 Å². The van der Waals surface area contributed by atoms with Crippen LogP contribution in [0.1, 0.15) is 47.1 Å². The minimum absolute atomic E-state index is 0.239. The molecule has 0 spiro atoms. The van der Waals surface area contributed by atoms with E-state index in [0.29, 0.717) is 0 Å². The summed E-state index contributed by atoms with van der Waals surface area (Å²) in [6.45, 7) is 19.9. The Morgan fingerprint density at radius 2 is 1.07 bits per heavy atom. The van der Waals surface area contributed by atoms with Gasteiger partial charge in [0.05, 0.1) is 14.8 Å². The number of fused-ring (bicyclic) bond motifs is 6. The number of halogens is 1. The molecule has 1 aliphatic rings. The zero-order chi connectivity index (χ0) is 30.2. The molecule has 1 fully saturated rings. The molecular weight excluding hydrogens is 634 g/mol. The number of rotatable bonds is 2. The molecule has 0 bridgehead atoms. The Bertz CT molecular complexity index is 1910. The molecule has 1 aliphatic heterocycles. The molecule has 214 valence electrons. The maximum absolute atomic E-state index is 5.88. The van der Waals surface area contributed by atoms with Crippen molar-refractivity contribution < 1.29 is 18.1 Å². The van der Waals surface area contributed by atoms with E-state index in [0.717, 1.165) is 47.9 Å². The van der Waals surface area contributed by atoms with Crippen molar-refractivity contribution in [2.45, 2.75) is 52.7 Å². The molecule has 6 aromatic rings. The average Bonchev–Trinajstić information content (AvgIpc) is 3.59.